The van der Waals surface area contributed by atoms with Crippen molar-refractivity contribution in [3.8, 4) is 11.1 Å². The van der Waals surface area contributed by atoms with Crippen LogP contribution in [0.3, 0.4) is 0 Å². The summed E-state index contributed by atoms with van der Waals surface area (Å²) in [6, 6.07) is 2.14. The molecule has 4 nitrogen and oxygen atoms in total. The van der Waals surface area contributed by atoms with E-state index < -0.39 is 28.5 Å². The van der Waals surface area contributed by atoms with Gasteiger partial charge in [-0.1, -0.05) is 0 Å². The van der Waals surface area contributed by atoms with Crippen LogP contribution in [0.2, 0.25) is 0 Å². The van der Waals surface area contributed by atoms with Gasteiger partial charge in [-0.05, 0) is 35.6 Å². The standard InChI is InChI=1S/C13H9F2IN2O2/c1-6(19)11-9(16)4-8(14)12(13(11)15)7-3-10(20)18(2)17-5-7/h3-5H,1-2H3. The predicted molar refractivity (Wildman–Crippen MR) is 77.6 cm³/mol. The third-order valence-electron chi connectivity index (χ3n) is 2.78. The lowest BCUT2D eigenvalue weighted by Crippen LogP contribution is -2.18. The maximum absolute atomic E-state index is 14.4. The van der Waals surface area contributed by atoms with Crippen LogP contribution in [0, 0.1) is 15.2 Å². The average molecular weight is 390 g/mol. The fourth-order valence-corrected chi connectivity index (χ4v) is 2.67. The number of carbonyl (C=O) groups excluding carboxylic acids is 1. The molecule has 1 aromatic heterocycles. The number of rotatable bonds is 2. The van der Waals surface area contributed by atoms with Gasteiger partial charge in [-0.2, -0.15) is 5.10 Å². The van der Waals surface area contributed by atoms with E-state index in [1.807, 2.05) is 0 Å². The van der Waals surface area contributed by atoms with E-state index in [0.717, 1.165) is 16.8 Å². The van der Waals surface area contributed by atoms with Gasteiger partial charge in [0.2, 0.25) is 0 Å². The highest BCUT2D eigenvalue weighted by atomic mass is 127. The quantitative estimate of drug-likeness (QED) is 0.585. The molecule has 7 heteroatoms. The normalized spacial score (nSPS) is 10.7. The SMILES string of the molecule is CC(=O)c1c(I)cc(F)c(-c2cnn(C)c(=O)c2)c1F. The highest BCUT2D eigenvalue weighted by molar-refractivity contribution is 14.1. The molecule has 0 N–H and O–H groups in total. The lowest BCUT2D eigenvalue weighted by molar-refractivity contribution is 0.101. The number of aryl methyl sites for hydroxylation is 1. The first-order chi connectivity index (χ1) is 9.32. The second-order valence-electron chi connectivity index (χ2n) is 4.17. The third kappa shape index (κ3) is 2.49. The Morgan fingerprint density at radius 1 is 1.35 bits per heavy atom. The van der Waals surface area contributed by atoms with E-state index in [0.29, 0.717) is 0 Å². The summed E-state index contributed by atoms with van der Waals surface area (Å²) in [6.45, 7) is 1.20. The summed E-state index contributed by atoms with van der Waals surface area (Å²) in [6.07, 6.45) is 1.18. The molecule has 0 saturated heterocycles. The molecule has 2 aromatic rings. The average Bonchev–Trinajstić information content (AvgIpc) is 2.32. The number of nitrogens with zero attached hydrogens (tertiary/aromatic N) is 2. The van der Waals surface area contributed by atoms with Gasteiger partial charge in [0.1, 0.15) is 11.6 Å². The summed E-state index contributed by atoms with van der Waals surface area (Å²) in [5.41, 5.74) is -1.10. The zero-order valence-corrected chi connectivity index (χ0v) is 12.7. The molecular formula is C13H9F2IN2O2. The van der Waals surface area contributed by atoms with Gasteiger partial charge < -0.3 is 0 Å². The van der Waals surface area contributed by atoms with Crippen molar-refractivity contribution >= 4 is 28.4 Å². The van der Waals surface area contributed by atoms with Crippen LogP contribution in [0.15, 0.2) is 23.1 Å². The second-order valence-corrected chi connectivity index (χ2v) is 5.33. The molecule has 0 aliphatic heterocycles. The number of hydrogen-bond donors (Lipinski definition) is 0. The molecule has 0 saturated carbocycles. The zero-order valence-electron chi connectivity index (χ0n) is 10.6. The molecule has 0 atom stereocenters. The van der Waals surface area contributed by atoms with Crippen molar-refractivity contribution in [3.63, 3.8) is 0 Å². The van der Waals surface area contributed by atoms with E-state index in [2.05, 4.69) is 5.10 Å². The molecule has 20 heavy (non-hydrogen) atoms. The Morgan fingerprint density at radius 2 is 2.00 bits per heavy atom. The largest absolute Gasteiger partial charge is 0.294 e. The first-order valence-electron chi connectivity index (χ1n) is 5.55. The number of carbonyl (C=O) groups is 1. The molecule has 0 spiro atoms. The minimum absolute atomic E-state index is 0.00185. The van der Waals surface area contributed by atoms with E-state index >= 15 is 0 Å². The van der Waals surface area contributed by atoms with Gasteiger partial charge in [-0.15, -0.1) is 0 Å². The lowest BCUT2D eigenvalue weighted by atomic mass is 10.0. The Kier molecular flexibility index (Phi) is 3.98. The highest BCUT2D eigenvalue weighted by Gasteiger charge is 2.22. The van der Waals surface area contributed by atoms with E-state index in [4.69, 9.17) is 0 Å². The molecule has 104 valence electrons. The summed E-state index contributed by atoms with van der Waals surface area (Å²) >= 11 is 1.69. The zero-order chi connectivity index (χ0) is 15.0. The maximum Gasteiger partial charge on any atom is 0.267 e. The van der Waals surface area contributed by atoms with Crippen molar-refractivity contribution in [2.24, 2.45) is 7.05 Å². The van der Waals surface area contributed by atoms with Crippen LogP contribution in [0.1, 0.15) is 17.3 Å². The van der Waals surface area contributed by atoms with Crippen LogP contribution in [0.4, 0.5) is 8.78 Å². The van der Waals surface area contributed by atoms with Gasteiger partial charge in [-0.25, -0.2) is 13.5 Å². The fraction of sp³-hybridized carbons (Fsp3) is 0.154. The summed E-state index contributed by atoms with van der Waals surface area (Å²) in [4.78, 5) is 23.0. The second kappa shape index (κ2) is 5.39. The fourth-order valence-electron chi connectivity index (χ4n) is 1.78. The Morgan fingerprint density at radius 3 is 2.55 bits per heavy atom. The molecule has 0 amide bonds. The van der Waals surface area contributed by atoms with Crippen molar-refractivity contribution in [2.75, 3.05) is 0 Å². The lowest BCUT2D eigenvalue weighted by Gasteiger charge is -2.10. The Bertz CT molecular complexity index is 772. The third-order valence-corrected chi connectivity index (χ3v) is 3.63. The van der Waals surface area contributed by atoms with E-state index in [9.17, 15) is 18.4 Å². The number of ketones is 1. The first-order valence-corrected chi connectivity index (χ1v) is 6.63. The molecule has 0 aliphatic rings. The van der Waals surface area contributed by atoms with Crippen molar-refractivity contribution in [2.45, 2.75) is 6.92 Å². The monoisotopic (exact) mass is 390 g/mol. The van der Waals surface area contributed by atoms with Crippen molar-refractivity contribution < 1.29 is 13.6 Å². The molecule has 0 aliphatic carbocycles. The van der Waals surface area contributed by atoms with Crippen LogP contribution in [0.25, 0.3) is 11.1 Å². The van der Waals surface area contributed by atoms with E-state index in [1.54, 1.807) is 22.6 Å². The molecular weight excluding hydrogens is 381 g/mol. The Balaban J connectivity index is 2.80. The van der Waals surface area contributed by atoms with Crippen molar-refractivity contribution in [1.82, 2.24) is 9.78 Å². The van der Waals surface area contributed by atoms with Gasteiger partial charge >= 0.3 is 0 Å². The number of benzene rings is 1. The Labute approximate surface area is 126 Å². The highest BCUT2D eigenvalue weighted by Crippen LogP contribution is 2.30. The summed E-state index contributed by atoms with van der Waals surface area (Å²) < 4.78 is 29.6. The summed E-state index contributed by atoms with van der Waals surface area (Å²) in [5.74, 6) is -2.33. The van der Waals surface area contributed by atoms with Crippen LogP contribution in [0.5, 0.6) is 0 Å². The smallest absolute Gasteiger partial charge is 0.267 e. The maximum atomic E-state index is 14.4. The van der Waals surface area contributed by atoms with Gasteiger partial charge in [0.05, 0.1) is 17.3 Å². The topological polar surface area (TPSA) is 52.0 Å². The Hall–Kier alpha value is -1.64. The molecule has 0 fully saturated rings. The molecule has 0 unspecified atom stereocenters. The molecule has 0 bridgehead atoms. The van der Waals surface area contributed by atoms with Crippen LogP contribution in [-0.4, -0.2) is 15.6 Å². The van der Waals surface area contributed by atoms with Gasteiger partial charge in [0.15, 0.2) is 5.78 Å². The van der Waals surface area contributed by atoms with Gasteiger partial charge in [0.25, 0.3) is 5.56 Å². The van der Waals surface area contributed by atoms with Crippen LogP contribution < -0.4 is 5.56 Å². The number of Topliss-reactive ketones (excluding diaryl/α,β-unsaturated/α-hetero) is 1. The molecule has 1 aromatic carbocycles. The van der Waals surface area contributed by atoms with Crippen molar-refractivity contribution in [1.29, 1.82) is 0 Å². The van der Waals surface area contributed by atoms with Crippen LogP contribution in [-0.2, 0) is 7.05 Å². The minimum Gasteiger partial charge on any atom is -0.294 e. The summed E-state index contributed by atoms with van der Waals surface area (Å²) in [7, 11) is 1.42. The van der Waals surface area contributed by atoms with Crippen LogP contribution >= 0.6 is 22.6 Å². The molecule has 1 heterocycles. The minimum atomic E-state index is -0.975. The summed E-state index contributed by atoms with van der Waals surface area (Å²) in [5, 5.41) is 3.72. The number of hydrogen-bond acceptors (Lipinski definition) is 3. The van der Waals surface area contributed by atoms with Gasteiger partial charge in [-0.3, -0.25) is 9.59 Å². The van der Waals surface area contributed by atoms with Gasteiger partial charge in [0, 0.05) is 22.2 Å². The molecule has 0 radical (unpaired) electrons. The van der Waals surface area contributed by atoms with E-state index in [-0.39, 0.29) is 14.7 Å². The van der Waals surface area contributed by atoms with E-state index in [1.165, 1.54) is 20.2 Å². The predicted octanol–water partition coefficient (Wildman–Crippen LogP) is 2.53. The number of halogens is 3. The molecule has 2 rings (SSSR count). The first kappa shape index (κ1) is 14.8. The van der Waals surface area contributed by atoms with Crippen molar-refractivity contribution in [3.05, 3.63) is 49.5 Å². The number of aromatic nitrogens is 2.